The van der Waals surface area contributed by atoms with Crippen LogP contribution >= 0.6 is 22.9 Å². The summed E-state index contributed by atoms with van der Waals surface area (Å²) in [6.07, 6.45) is 3.17. The number of hydrogen-bond acceptors (Lipinski definition) is 9. The third kappa shape index (κ3) is 5.62. The number of carbonyl (C=O) groups excluding carboxylic acids is 1. The van der Waals surface area contributed by atoms with E-state index in [4.69, 9.17) is 16.3 Å². The maximum atomic E-state index is 14.5. The molecule has 15 heteroatoms. The van der Waals surface area contributed by atoms with Gasteiger partial charge in [-0.1, -0.05) is 17.7 Å². The van der Waals surface area contributed by atoms with Crippen molar-refractivity contribution in [3.63, 3.8) is 0 Å². The first kappa shape index (κ1) is 29.5. The van der Waals surface area contributed by atoms with Crippen LogP contribution in [0.3, 0.4) is 0 Å². The zero-order valence-corrected chi connectivity index (χ0v) is 24.2. The van der Waals surface area contributed by atoms with Gasteiger partial charge >= 0.3 is 11.9 Å². The van der Waals surface area contributed by atoms with Crippen LogP contribution in [0.25, 0.3) is 0 Å². The molecule has 1 saturated heterocycles. The number of ether oxygens (including phenoxy) is 1. The molecule has 1 saturated carbocycles. The minimum Gasteiger partial charge on any atom is -0.481 e. The number of methoxy groups -OCH3 is 1. The zero-order chi connectivity index (χ0) is 29.5. The van der Waals surface area contributed by atoms with Gasteiger partial charge in [0.2, 0.25) is 10.0 Å². The van der Waals surface area contributed by atoms with E-state index < -0.39 is 55.8 Å². The van der Waals surface area contributed by atoms with E-state index in [2.05, 4.69) is 15.3 Å². The van der Waals surface area contributed by atoms with Gasteiger partial charge in [0.25, 0.3) is 0 Å². The molecule has 41 heavy (non-hydrogen) atoms. The van der Waals surface area contributed by atoms with Crippen molar-refractivity contribution < 1.29 is 36.6 Å². The summed E-state index contributed by atoms with van der Waals surface area (Å²) < 4.78 is 61.4. The lowest BCUT2D eigenvalue weighted by atomic mass is 9.82. The lowest BCUT2D eigenvalue weighted by Crippen LogP contribution is -2.42. The Kier molecular flexibility index (Phi) is 8.46. The van der Waals surface area contributed by atoms with Gasteiger partial charge in [-0.2, -0.15) is 0 Å². The monoisotopic (exact) mass is 628 g/mol. The molecule has 1 unspecified atom stereocenters. The minimum absolute atomic E-state index is 0.0406. The number of nitrogens with zero attached hydrogens (tertiary/aromatic N) is 3. The Bertz CT molecular complexity index is 1520. The summed E-state index contributed by atoms with van der Waals surface area (Å²) in [5.74, 6) is -4.90. The van der Waals surface area contributed by atoms with Crippen LogP contribution in [-0.2, 0) is 24.3 Å². The van der Waals surface area contributed by atoms with E-state index >= 15 is 0 Å². The molecule has 2 N–H and O–H groups in total. The van der Waals surface area contributed by atoms with E-state index in [0.29, 0.717) is 29.4 Å². The summed E-state index contributed by atoms with van der Waals surface area (Å²) in [4.78, 5) is 33.4. The summed E-state index contributed by atoms with van der Waals surface area (Å²) in [5.41, 5.74) is 0.569. The molecule has 1 aromatic heterocycles. The van der Waals surface area contributed by atoms with Gasteiger partial charge in [0.1, 0.15) is 6.04 Å². The van der Waals surface area contributed by atoms with E-state index in [1.807, 2.05) is 0 Å². The van der Waals surface area contributed by atoms with E-state index in [0.717, 1.165) is 6.07 Å². The highest BCUT2D eigenvalue weighted by Crippen LogP contribution is 2.43. The number of benzene rings is 1. The van der Waals surface area contributed by atoms with Crippen LogP contribution in [-0.4, -0.2) is 66.0 Å². The fourth-order valence-corrected chi connectivity index (χ4v) is 8.55. The number of thiazole rings is 1. The average molecular weight is 629 g/mol. The Morgan fingerprint density at radius 1 is 1.20 bits per heavy atom. The van der Waals surface area contributed by atoms with E-state index in [9.17, 15) is 31.9 Å². The van der Waals surface area contributed by atoms with Crippen LogP contribution in [0.5, 0.6) is 0 Å². The number of rotatable bonds is 7. The highest BCUT2D eigenvalue weighted by Gasteiger charge is 2.43. The molecule has 0 radical (unpaired) electrons. The SMILES string of the molecule is COC(=O)C1=C([C@H]2CC[C@H](S(=O)(=O)N3CCC(C(=O)O)C3)CC2)NC(c2nccs2)=N[C@H]1c1ccc(F)c(F)c1Cl. The van der Waals surface area contributed by atoms with Gasteiger partial charge in [0, 0.05) is 35.9 Å². The number of sulfonamides is 1. The maximum absolute atomic E-state index is 14.5. The standard InChI is InChI=1S/C26H27ClF2N4O6S2/c1-39-26(36)18-21(13-2-4-15(5-3-13)41(37,38)33-10-8-14(12-33)25(34)35)31-23(24-30-9-11-40-24)32-22(18)16-6-7-17(28)20(29)19(16)27/h6-7,9,11,13-15,22H,2-5,8,10,12H2,1H3,(H,31,32)(H,34,35)/t13-,14?,15-,22-/m0/s1. The molecule has 3 aliphatic rings. The first-order valence-corrected chi connectivity index (χ1v) is 15.7. The fraction of sp³-hybridized carbons (Fsp3) is 0.462. The normalized spacial score (nSPS) is 25.5. The third-order valence-electron chi connectivity index (χ3n) is 7.84. The molecule has 10 nitrogen and oxygen atoms in total. The molecule has 0 amide bonds. The largest absolute Gasteiger partial charge is 0.481 e. The first-order valence-electron chi connectivity index (χ1n) is 12.9. The van der Waals surface area contributed by atoms with Crippen LogP contribution in [0, 0.1) is 23.5 Å². The van der Waals surface area contributed by atoms with Gasteiger partial charge in [-0.3, -0.25) is 9.79 Å². The molecule has 2 aromatic rings. The average Bonchev–Trinajstić information content (AvgIpc) is 3.69. The highest BCUT2D eigenvalue weighted by molar-refractivity contribution is 7.89. The van der Waals surface area contributed by atoms with Gasteiger partial charge in [-0.05, 0) is 44.1 Å². The number of allylic oxidation sites excluding steroid dienone is 1. The summed E-state index contributed by atoms with van der Waals surface area (Å²) in [6.45, 7) is 0.129. The van der Waals surface area contributed by atoms with Gasteiger partial charge in [0.15, 0.2) is 22.5 Å². The van der Waals surface area contributed by atoms with E-state index in [1.165, 1.54) is 28.8 Å². The van der Waals surface area contributed by atoms with Gasteiger partial charge in [-0.25, -0.2) is 31.3 Å². The molecule has 0 bridgehead atoms. The Hall–Kier alpha value is -2.94. The van der Waals surface area contributed by atoms with Crippen molar-refractivity contribution in [1.82, 2.24) is 14.6 Å². The van der Waals surface area contributed by atoms with Crippen molar-refractivity contribution in [2.24, 2.45) is 16.8 Å². The Morgan fingerprint density at radius 2 is 1.93 bits per heavy atom. The predicted octanol–water partition coefficient (Wildman–Crippen LogP) is 3.89. The van der Waals surface area contributed by atoms with Crippen molar-refractivity contribution in [1.29, 1.82) is 0 Å². The third-order valence-corrected chi connectivity index (χ3v) is 11.4. The molecule has 1 aliphatic carbocycles. The number of halogens is 3. The van der Waals surface area contributed by atoms with Gasteiger partial charge in [0.05, 0.1) is 28.9 Å². The first-order chi connectivity index (χ1) is 19.5. The van der Waals surface area contributed by atoms with Crippen molar-refractivity contribution >= 4 is 50.7 Å². The second kappa shape index (κ2) is 11.7. The lowest BCUT2D eigenvalue weighted by Gasteiger charge is -2.35. The van der Waals surface area contributed by atoms with Crippen LogP contribution in [0.1, 0.15) is 48.7 Å². The number of carbonyl (C=O) groups is 2. The quantitative estimate of drug-likeness (QED) is 0.348. The summed E-state index contributed by atoms with van der Waals surface area (Å²) in [6, 6.07) is 1.04. The number of hydrogen-bond donors (Lipinski definition) is 2. The Morgan fingerprint density at radius 3 is 2.54 bits per heavy atom. The molecule has 220 valence electrons. The number of esters is 1. The van der Waals surface area contributed by atoms with Gasteiger partial charge in [-0.15, -0.1) is 11.3 Å². The van der Waals surface area contributed by atoms with Crippen molar-refractivity contribution in [3.05, 3.63) is 62.2 Å². The molecule has 1 aromatic carbocycles. The van der Waals surface area contributed by atoms with Crippen LogP contribution in [0.15, 0.2) is 40.0 Å². The Labute approximate surface area is 244 Å². The lowest BCUT2D eigenvalue weighted by molar-refractivity contribution is -0.141. The van der Waals surface area contributed by atoms with Crippen molar-refractivity contribution in [2.75, 3.05) is 20.2 Å². The molecule has 5 rings (SSSR count). The highest BCUT2D eigenvalue weighted by atomic mass is 35.5. The fourth-order valence-electron chi connectivity index (χ4n) is 5.67. The predicted molar refractivity (Wildman–Crippen MR) is 147 cm³/mol. The molecule has 2 fully saturated rings. The Balaban J connectivity index is 1.48. The second-order valence-electron chi connectivity index (χ2n) is 10.1. The number of amidine groups is 1. The van der Waals surface area contributed by atoms with Crippen LogP contribution < -0.4 is 5.32 Å². The van der Waals surface area contributed by atoms with Crippen LogP contribution in [0.2, 0.25) is 5.02 Å². The number of nitrogens with one attached hydrogen (secondary N) is 1. The number of carboxylic acid groups (broad SMARTS) is 1. The summed E-state index contributed by atoms with van der Waals surface area (Å²) in [7, 11) is -2.52. The molecule has 0 spiro atoms. The molecule has 3 heterocycles. The minimum atomic E-state index is -3.72. The van der Waals surface area contributed by atoms with Gasteiger partial charge < -0.3 is 15.2 Å². The zero-order valence-electron chi connectivity index (χ0n) is 21.8. The number of aliphatic imine (C=N–C) groups is 1. The second-order valence-corrected chi connectivity index (χ2v) is 13.6. The molecule has 2 atom stereocenters. The maximum Gasteiger partial charge on any atom is 0.338 e. The topological polar surface area (TPSA) is 138 Å². The van der Waals surface area contributed by atoms with E-state index in [1.54, 1.807) is 11.6 Å². The number of aliphatic carboxylic acids is 1. The molecular weight excluding hydrogens is 602 g/mol. The number of aromatic nitrogens is 1. The molecule has 2 aliphatic heterocycles. The summed E-state index contributed by atoms with van der Waals surface area (Å²) >= 11 is 7.50. The number of carboxylic acids is 1. The van der Waals surface area contributed by atoms with Crippen molar-refractivity contribution in [3.8, 4) is 0 Å². The van der Waals surface area contributed by atoms with Crippen LogP contribution in [0.4, 0.5) is 8.78 Å². The van der Waals surface area contributed by atoms with E-state index in [-0.39, 0.29) is 49.4 Å². The van der Waals surface area contributed by atoms with Crippen molar-refractivity contribution in [2.45, 2.75) is 43.4 Å². The smallest absolute Gasteiger partial charge is 0.338 e. The summed E-state index contributed by atoms with van der Waals surface area (Å²) in [5, 5.41) is 13.5. The molecular formula is C26H27ClF2N4O6S2.